The van der Waals surface area contributed by atoms with Crippen LogP contribution in [0.3, 0.4) is 0 Å². The van der Waals surface area contributed by atoms with Gasteiger partial charge in [0.1, 0.15) is 11.6 Å². The molecule has 8 heteroatoms. The Kier molecular flexibility index (Phi) is 5.67. The molecular weight excluding hydrogens is 381 g/mol. The topological polar surface area (TPSA) is 63.2 Å². The zero-order chi connectivity index (χ0) is 15.2. The number of rotatable bonds is 4. The molecule has 0 spiro atoms. The summed E-state index contributed by atoms with van der Waals surface area (Å²) < 4.78 is 6.16. The molecule has 1 heterocycles. The largest absolute Gasteiger partial charge is 0.472 e. The first-order valence-corrected chi connectivity index (χ1v) is 7.34. The van der Waals surface area contributed by atoms with Gasteiger partial charge in [-0.1, -0.05) is 23.2 Å². The van der Waals surface area contributed by atoms with Crippen molar-refractivity contribution in [3.05, 3.63) is 51.0 Å². The van der Waals surface area contributed by atoms with Crippen molar-refractivity contribution in [1.29, 1.82) is 0 Å². The van der Waals surface area contributed by atoms with Gasteiger partial charge in [-0.15, -0.1) is 0 Å². The van der Waals surface area contributed by atoms with Gasteiger partial charge in [-0.3, -0.25) is 5.32 Å². The number of urea groups is 1. The minimum atomic E-state index is -0.435. The maximum atomic E-state index is 11.6. The maximum absolute atomic E-state index is 11.6. The van der Waals surface area contributed by atoms with Crippen LogP contribution in [0.5, 0.6) is 5.75 Å². The van der Waals surface area contributed by atoms with E-state index < -0.39 is 6.03 Å². The predicted molar refractivity (Wildman–Crippen MR) is 86.0 cm³/mol. The van der Waals surface area contributed by atoms with Crippen molar-refractivity contribution < 1.29 is 9.53 Å². The number of hydrogen-bond acceptors (Lipinski definition) is 3. The summed E-state index contributed by atoms with van der Waals surface area (Å²) in [6.07, 6.45) is 1.58. The van der Waals surface area contributed by atoms with Gasteiger partial charge >= 0.3 is 6.03 Å². The highest BCUT2D eigenvalue weighted by molar-refractivity contribution is 9.10. The fraction of sp³-hybridized carbons (Fsp3) is 0.0769. The molecule has 5 nitrogen and oxygen atoms in total. The van der Waals surface area contributed by atoms with Gasteiger partial charge < -0.3 is 10.1 Å². The van der Waals surface area contributed by atoms with Crippen molar-refractivity contribution in [2.75, 3.05) is 12.0 Å². The number of aromatic nitrogens is 1. The number of nitrogens with one attached hydrogen (secondary N) is 2. The van der Waals surface area contributed by atoms with E-state index in [1.54, 1.807) is 36.5 Å². The lowest BCUT2D eigenvalue weighted by molar-refractivity contribution is 0.234. The first-order chi connectivity index (χ1) is 10.0. The molecule has 1 aromatic heterocycles. The number of hydrogen-bond donors (Lipinski definition) is 2. The number of carbonyl (C=O) groups is 1. The molecule has 0 atom stereocenters. The summed E-state index contributed by atoms with van der Waals surface area (Å²) in [5, 5.41) is 5.97. The molecule has 2 rings (SSSR count). The van der Waals surface area contributed by atoms with Gasteiger partial charge in [0.15, 0.2) is 6.73 Å². The predicted octanol–water partition coefficient (Wildman–Crippen LogP) is 4.31. The number of carbonyl (C=O) groups excluding carboxylic acids is 1. The highest BCUT2D eigenvalue weighted by atomic mass is 79.9. The summed E-state index contributed by atoms with van der Waals surface area (Å²) >= 11 is 15.0. The molecule has 0 aliphatic rings. The summed E-state index contributed by atoms with van der Waals surface area (Å²) in [5.74, 6) is 0.864. The van der Waals surface area contributed by atoms with Crippen LogP contribution in [0.15, 0.2) is 41.0 Å². The quantitative estimate of drug-likeness (QED) is 0.764. The highest BCUT2D eigenvalue weighted by Crippen LogP contribution is 2.27. The third-order valence-corrected chi connectivity index (χ3v) is 3.32. The van der Waals surface area contributed by atoms with Crippen LogP contribution in [0.1, 0.15) is 0 Å². The smallest absolute Gasteiger partial charge is 0.323 e. The van der Waals surface area contributed by atoms with Crippen LogP contribution in [-0.2, 0) is 0 Å². The third kappa shape index (κ3) is 5.08. The summed E-state index contributed by atoms with van der Waals surface area (Å²) in [4.78, 5) is 15.6. The molecule has 0 unspecified atom stereocenters. The van der Waals surface area contributed by atoms with Crippen molar-refractivity contribution in [3.63, 3.8) is 0 Å². The number of anilines is 1. The number of ether oxygens (including phenoxy) is 1. The van der Waals surface area contributed by atoms with Crippen molar-refractivity contribution in [1.82, 2.24) is 10.3 Å². The number of pyridine rings is 1. The van der Waals surface area contributed by atoms with Crippen LogP contribution in [0, 0.1) is 0 Å². The van der Waals surface area contributed by atoms with E-state index in [2.05, 4.69) is 31.5 Å². The first kappa shape index (κ1) is 15.9. The van der Waals surface area contributed by atoms with E-state index in [1.807, 2.05) is 0 Å². The Morgan fingerprint density at radius 1 is 1.29 bits per heavy atom. The fourth-order valence-corrected chi connectivity index (χ4v) is 2.08. The molecular formula is C13H10BrCl2N3O2. The second-order valence-corrected chi connectivity index (χ2v) is 5.62. The lowest BCUT2D eigenvalue weighted by Gasteiger charge is -2.10. The van der Waals surface area contributed by atoms with E-state index in [-0.39, 0.29) is 6.73 Å². The Labute approximate surface area is 139 Å². The normalized spacial score (nSPS) is 10.0. The molecule has 0 aliphatic carbocycles. The number of halogens is 3. The maximum Gasteiger partial charge on any atom is 0.323 e. The van der Waals surface area contributed by atoms with Gasteiger partial charge in [-0.05, 0) is 46.3 Å². The van der Waals surface area contributed by atoms with Crippen LogP contribution < -0.4 is 15.4 Å². The fourth-order valence-electron chi connectivity index (χ4n) is 1.38. The van der Waals surface area contributed by atoms with Gasteiger partial charge in [0.2, 0.25) is 0 Å². The molecule has 0 fully saturated rings. The second-order valence-electron chi connectivity index (χ2n) is 3.86. The number of nitrogens with zero attached hydrogens (tertiary/aromatic N) is 1. The average molecular weight is 391 g/mol. The van der Waals surface area contributed by atoms with E-state index in [1.165, 1.54) is 0 Å². The Bertz CT molecular complexity index is 638. The van der Waals surface area contributed by atoms with E-state index >= 15 is 0 Å². The van der Waals surface area contributed by atoms with E-state index in [0.717, 1.165) is 4.47 Å². The molecule has 2 aromatic rings. The molecule has 2 amide bonds. The molecule has 2 N–H and O–H groups in total. The monoisotopic (exact) mass is 389 g/mol. The minimum Gasteiger partial charge on any atom is -0.472 e. The average Bonchev–Trinajstić information content (AvgIpc) is 2.44. The molecule has 0 aliphatic heterocycles. The van der Waals surface area contributed by atoms with Gasteiger partial charge in [-0.2, -0.15) is 0 Å². The van der Waals surface area contributed by atoms with Crippen molar-refractivity contribution in [2.24, 2.45) is 0 Å². The van der Waals surface area contributed by atoms with E-state index in [9.17, 15) is 4.79 Å². The van der Waals surface area contributed by atoms with Crippen LogP contribution in [0.4, 0.5) is 10.6 Å². The summed E-state index contributed by atoms with van der Waals surface area (Å²) in [7, 11) is 0. The van der Waals surface area contributed by atoms with Gasteiger partial charge in [-0.25, -0.2) is 9.78 Å². The molecule has 110 valence electrons. The van der Waals surface area contributed by atoms with Gasteiger partial charge in [0.25, 0.3) is 0 Å². The Balaban J connectivity index is 1.80. The van der Waals surface area contributed by atoms with Crippen molar-refractivity contribution in [3.8, 4) is 5.75 Å². The van der Waals surface area contributed by atoms with Crippen LogP contribution in [-0.4, -0.2) is 17.7 Å². The van der Waals surface area contributed by atoms with E-state index in [0.29, 0.717) is 21.6 Å². The number of benzene rings is 1. The van der Waals surface area contributed by atoms with E-state index in [4.69, 9.17) is 27.9 Å². The Hall–Kier alpha value is -1.50. The van der Waals surface area contributed by atoms with Gasteiger partial charge in [0, 0.05) is 15.7 Å². The summed E-state index contributed by atoms with van der Waals surface area (Å²) in [6, 6.07) is 7.84. The lowest BCUT2D eigenvalue weighted by Crippen LogP contribution is -2.32. The molecule has 0 radical (unpaired) electrons. The summed E-state index contributed by atoms with van der Waals surface area (Å²) in [6.45, 7) is -0.0380. The minimum absolute atomic E-state index is 0.0380. The lowest BCUT2D eigenvalue weighted by atomic mass is 10.3. The zero-order valence-electron chi connectivity index (χ0n) is 10.6. The summed E-state index contributed by atoms with van der Waals surface area (Å²) in [5.41, 5.74) is 0. The van der Waals surface area contributed by atoms with Crippen LogP contribution in [0.2, 0.25) is 10.0 Å². The molecule has 1 aromatic carbocycles. The SMILES string of the molecule is O=C(NCOc1ccc(Cl)cc1Cl)Nc1ccc(Br)cn1. The second kappa shape index (κ2) is 7.49. The molecule has 0 saturated carbocycles. The molecule has 21 heavy (non-hydrogen) atoms. The molecule has 0 saturated heterocycles. The number of amides is 2. The zero-order valence-corrected chi connectivity index (χ0v) is 13.7. The van der Waals surface area contributed by atoms with Crippen LogP contribution in [0.25, 0.3) is 0 Å². The Morgan fingerprint density at radius 2 is 2.10 bits per heavy atom. The van der Waals surface area contributed by atoms with Gasteiger partial charge in [0.05, 0.1) is 5.02 Å². The standard InChI is InChI=1S/C13H10BrCl2N3O2/c14-8-1-4-12(17-6-8)19-13(20)18-7-21-11-3-2-9(15)5-10(11)16/h1-6H,7H2,(H2,17,18,19,20). The third-order valence-electron chi connectivity index (χ3n) is 2.32. The van der Waals surface area contributed by atoms with Crippen molar-refractivity contribution >= 4 is 51.0 Å². The highest BCUT2D eigenvalue weighted by Gasteiger charge is 2.05. The molecule has 0 bridgehead atoms. The first-order valence-electron chi connectivity index (χ1n) is 5.79. The Morgan fingerprint density at radius 3 is 2.76 bits per heavy atom. The van der Waals surface area contributed by atoms with Crippen LogP contribution >= 0.6 is 39.1 Å². The van der Waals surface area contributed by atoms with Crippen molar-refractivity contribution in [2.45, 2.75) is 0 Å².